The molecule has 1 heterocycles. The predicted octanol–water partition coefficient (Wildman–Crippen LogP) is 1.49. The fourth-order valence-electron chi connectivity index (χ4n) is 2.49. The fourth-order valence-corrected chi connectivity index (χ4v) is 2.49. The van der Waals surface area contributed by atoms with Crippen molar-refractivity contribution in [1.29, 1.82) is 0 Å². The Morgan fingerprint density at radius 3 is 2.95 bits per heavy atom. The molecular formula is C14H17F2N3O2. The summed E-state index contributed by atoms with van der Waals surface area (Å²) in [5.74, 6) is -2.37. The van der Waals surface area contributed by atoms with Crippen LogP contribution < -0.4 is 5.73 Å². The molecule has 0 radical (unpaired) electrons. The van der Waals surface area contributed by atoms with Crippen LogP contribution in [0.4, 0.5) is 8.78 Å². The molecule has 0 aliphatic carbocycles. The number of nitrogens with zero attached hydrogens (tertiary/aromatic N) is 2. The molecule has 7 heteroatoms. The summed E-state index contributed by atoms with van der Waals surface area (Å²) in [6.45, 7) is 0.858. The number of carbonyl (C=O) groups excluding carboxylic acids is 1. The van der Waals surface area contributed by atoms with Crippen LogP contribution in [-0.4, -0.2) is 34.9 Å². The number of rotatable bonds is 3. The molecule has 1 aromatic rings. The Labute approximate surface area is 121 Å². The topological polar surface area (TPSA) is 78.9 Å². The van der Waals surface area contributed by atoms with Crippen LogP contribution in [0.1, 0.15) is 18.4 Å². The van der Waals surface area contributed by atoms with E-state index in [1.54, 1.807) is 0 Å². The third-order valence-corrected chi connectivity index (χ3v) is 3.68. The second-order valence-corrected chi connectivity index (χ2v) is 5.09. The zero-order valence-corrected chi connectivity index (χ0v) is 11.4. The predicted molar refractivity (Wildman–Crippen MR) is 72.8 cm³/mol. The lowest BCUT2D eigenvalue weighted by atomic mass is 9.96. The average molecular weight is 297 g/mol. The molecule has 1 aliphatic rings. The van der Waals surface area contributed by atoms with Crippen LogP contribution >= 0.6 is 0 Å². The summed E-state index contributed by atoms with van der Waals surface area (Å²) in [4.78, 5) is 13.7. The standard InChI is InChI=1S/C14H17F2N3O2/c15-11-5-1-3-9(13(11)16)7-12(20)19-6-2-4-10(8-19)14(17)18-21/h1,3,5,10,21H,2,4,6-8H2,(H2,17,18). The smallest absolute Gasteiger partial charge is 0.227 e. The number of nitrogens with two attached hydrogens (primary N) is 1. The highest BCUT2D eigenvalue weighted by atomic mass is 19.2. The second-order valence-electron chi connectivity index (χ2n) is 5.09. The fraction of sp³-hybridized carbons (Fsp3) is 0.429. The van der Waals surface area contributed by atoms with Crippen molar-refractivity contribution >= 4 is 11.7 Å². The highest BCUT2D eigenvalue weighted by molar-refractivity contribution is 5.84. The zero-order valence-electron chi connectivity index (χ0n) is 11.4. The van der Waals surface area contributed by atoms with Gasteiger partial charge in [0.25, 0.3) is 0 Å². The van der Waals surface area contributed by atoms with E-state index in [1.807, 2.05) is 0 Å². The van der Waals surface area contributed by atoms with E-state index in [-0.39, 0.29) is 29.6 Å². The number of benzene rings is 1. The maximum Gasteiger partial charge on any atom is 0.227 e. The summed E-state index contributed by atoms with van der Waals surface area (Å²) >= 11 is 0. The van der Waals surface area contributed by atoms with Crippen molar-refractivity contribution in [3.8, 4) is 0 Å². The molecule has 114 valence electrons. The maximum atomic E-state index is 13.6. The van der Waals surface area contributed by atoms with E-state index in [2.05, 4.69) is 5.16 Å². The SMILES string of the molecule is N/C(=N/O)C1CCCN(C(=O)Cc2cccc(F)c2F)C1. The molecule has 1 fully saturated rings. The largest absolute Gasteiger partial charge is 0.409 e. The Morgan fingerprint density at radius 2 is 2.24 bits per heavy atom. The second kappa shape index (κ2) is 6.51. The molecule has 1 aliphatic heterocycles. The normalized spacial score (nSPS) is 19.6. The van der Waals surface area contributed by atoms with Crippen LogP contribution in [0.15, 0.2) is 23.4 Å². The van der Waals surface area contributed by atoms with Gasteiger partial charge >= 0.3 is 0 Å². The zero-order chi connectivity index (χ0) is 15.4. The molecule has 0 saturated carbocycles. The summed E-state index contributed by atoms with van der Waals surface area (Å²) < 4.78 is 26.7. The first-order valence-electron chi connectivity index (χ1n) is 6.71. The number of carbonyl (C=O) groups is 1. The molecule has 1 atom stereocenters. The Balaban J connectivity index is 2.05. The van der Waals surface area contributed by atoms with Crippen LogP contribution in [0.25, 0.3) is 0 Å². The first kappa shape index (κ1) is 15.2. The number of oxime groups is 1. The number of hydrogen-bond acceptors (Lipinski definition) is 3. The molecule has 1 amide bonds. The highest BCUT2D eigenvalue weighted by Gasteiger charge is 2.26. The first-order chi connectivity index (χ1) is 10.0. The number of hydrogen-bond donors (Lipinski definition) is 2. The third-order valence-electron chi connectivity index (χ3n) is 3.68. The number of piperidine rings is 1. The number of amidine groups is 1. The number of halogens is 2. The van der Waals surface area contributed by atoms with Crippen LogP contribution in [0.3, 0.4) is 0 Å². The van der Waals surface area contributed by atoms with Crippen LogP contribution in [-0.2, 0) is 11.2 Å². The molecule has 0 spiro atoms. The van der Waals surface area contributed by atoms with Gasteiger partial charge in [-0.2, -0.15) is 0 Å². The summed E-state index contributed by atoms with van der Waals surface area (Å²) in [5.41, 5.74) is 5.59. The van der Waals surface area contributed by atoms with Crippen molar-refractivity contribution in [2.24, 2.45) is 16.8 Å². The third kappa shape index (κ3) is 3.48. The maximum absolute atomic E-state index is 13.6. The molecule has 3 N–H and O–H groups in total. The number of amides is 1. The summed E-state index contributed by atoms with van der Waals surface area (Å²) in [6.07, 6.45) is 1.25. The summed E-state index contributed by atoms with van der Waals surface area (Å²) in [6, 6.07) is 3.77. The Kier molecular flexibility index (Phi) is 4.72. The quantitative estimate of drug-likeness (QED) is 0.384. The van der Waals surface area contributed by atoms with Gasteiger partial charge in [0.1, 0.15) is 5.84 Å². The molecule has 5 nitrogen and oxygen atoms in total. The van der Waals surface area contributed by atoms with E-state index in [1.165, 1.54) is 17.0 Å². The van der Waals surface area contributed by atoms with E-state index >= 15 is 0 Å². The van der Waals surface area contributed by atoms with Crippen molar-refractivity contribution in [3.05, 3.63) is 35.4 Å². The molecule has 0 bridgehead atoms. The monoisotopic (exact) mass is 297 g/mol. The average Bonchev–Trinajstić information content (AvgIpc) is 2.51. The van der Waals surface area contributed by atoms with Gasteiger partial charge in [-0.15, -0.1) is 0 Å². The minimum absolute atomic E-state index is 0.0333. The van der Waals surface area contributed by atoms with Gasteiger partial charge < -0.3 is 15.8 Å². The van der Waals surface area contributed by atoms with Crippen molar-refractivity contribution < 1.29 is 18.8 Å². The minimum Gasteiger partial charge on any atom is -0.409 e. The van der Waals surface area contributed by atoms with Gasteiger partial charge in [0.2, 0.25) is 5.91 Å². The van der Waals surface area contributed by atoms with E-state index in [9.17, 15) is 13.6 Å². The Bertz CT molecular complexity index is 563. The van der Waals surface area contributed by atoms with Gasteiger partial charge in [0.05, 0.1) is 6.42 Å². The molecule has 2 rings (SSSR count). The van der Waals surface area contributed by atoms with Gasteiger partial charge in [-0.1, -0.05) is 17.3 Å². The van der Waals surface area contributed by atoms with Crippen LogP contribution in [0.2, 0.25) is 0 Å². The lowest BCUT2D eigenvalue weighted by Gasteiger charge is -2.32. The lowest BCUT2D eigenvalue weighted by molar-refractivity contribution is -0.131. The van der Waals surface area contributed by atoms with E-state index in [4.69, 9.17) is 10.9 Å². The molecule has 1 unspecified atom stereocenters. The minimum atomic E-state index is -0.990. The Hall–Kier alpha value is -2.18. The van der Waals surface area contributed by atoms with Crippen LogP contribution in [0, 0.1) is 17.6 Å². The highest BCUT2D eigenvalue weighted by Crippen LogP contribution is 2.19. The van der Waals surface area contributed by atoms with Crippen molar-refractivity contribution in [2.45, 2.75) is 19.3 Å². The Morgan fingerprint density at radius 1 is 1.48 bits per heavy atom. The molecule has 1 aromatic carbocycles. The lowest BCUT2D eigenvalue weighted by Crippen LogP contribution is -2.44. The van der Waals surface area contributed by atoms with Crippen LogP contribution in [0.5, 0.6) is 0 Å². The first-order valence-corrected chi connectivity index (χ1v) is 6.71. The van der Waals surface area contributed by atoms with Gasteiger partial charge in [-0.05, 0) is 18.9 Å². The van der Waals surface area contributed by atoms with Crippen molar-refractivity contribution in [3.63, 3.8) is 0 Å². The van der Waals surface area contributed by atoms with Gasteiger partial charge in [0.15, 0.2) is 11.6 Å². The molecule has 0 aromatic heterocycles. The summed E-state index contributed by atoms with van der Waals surface area (Å²) in [5, 5.41) is 11.6. The van der Waals surface area contributed by atoms with E-state index < -0.39 is 11.6 Å². The molecule has 21 heavy (non-hydrogen) atoms. The van der Waals surface area contributed by atoms with Gasteiger partial charge in [-0.25, -0.2) is 8.78 Å². The van der Waals surface area contributed by atoms with Crippen molar-refractivity contribution in [2.75, 3.05) is 13.1 Å². The van der Waals surface area contributed by atoms with Gasteiger partial charge in [0, 0.05) is 24.6 Å². The van der Waals surface area contributed by atoms with E-state index in [0.29, 0.717) is 13.1 Å². The van der Waals surface area contributed by atoms with Gasteiger partial charge in [-0.3, -0.25) is 4.79 Å². The molecule has 1 saturated heterocycles. The van der Waals surface area contributed by atoms with E-state index in [0.717, 1.165) is 18.9 Å². The molecular weight excluding hydrogens is 280 g/mol. The summed E-state index contributed by atoms with van der Waals surface area (Å²) in [7, 11) is 0. The van der Waals surface area contributed by atoms with Crippen molar-refractivity contribution in [1.82, 2.24) is 4.90 Å². The number of likely N-dealkylation sites (tertiary alicyclic amines) is 1.